The molecule has 7 nitrogen and oxygen atoms in total. The first-order valence-electron chi connectivity index (χ1n) is 9.99. The van der Waals surface area contributed by atoms with E-state index in [4.69, 9.17) is 4.74 Å². The normalized spacial score (nSPS) is 25.4. The molecule has 0 spiro atoms. The number of carbonyl (C=O) groups is 1. The third-order valence-corrected chi connectivity index (χ3v) is 6.88. The molecule has 1 aromatic rings. The van der Waals surface area contributed by atoms with Gasteiger partial charge in [-0.3, -0.25) is 4.79 Å². The molecule has 1 aromatic carbocycles. The molecule has 0 radical (unpaired) electrons. The Balaban J connectivity index is 1.44. The minimum Gasteiger partial charge on any atom is -0.394 e. The van der Waals surface area contributed by atoms with Crippen molar-refractivity contribution in [3.05, 3.63) is 29.8 Å². The average molecular weight is 411 g/mol. The largest absolute Gasteiger partial charge is 0.394 e. The maximum atomic E-state index is 12.3. The summed E-state index contributed by atoms with van der Waals surface area (Å²) in [4.78, 5) is 12.3. The van der Waals surface area contributed by atoms with Crippen molar-refractivity contribution in [2.45, 2.75) is 68.6 Å². The summed E-state index contributed by atoms with van der Waals surface area (Å²) in [5.74, 6) is 0.547. The van der Waals surface area contributed by atoms with Crippen LogP contribution in [0.25, 0.3) is 0 Å². The second-order valence-electron chi connectivity index (χ2n) is 7.88. The van der Waals surface area contributed by atoms with E-state index < -0.39 is 16.1 Å². The third-order valence-electron chi connectivity index (χ3n) is 5.40. The number of ether oxygens (including phenoxy) is 1. The first-order chi connectivity index (χ1) is 13.4. The fourth-order valence-corrected chi connectivity index (χ4v) is 4.56. The molecule has 3 atom stereocenters. The lowest BCUT2D eigenvalue weighted by Crippen LogP contribution is -2.51. The topological polar surface area (TPSA) is 105 Å². The van der Waals surface area contributed by atoms with Crippen LogP contribution in [-0.2, 0) is 19.6 Å². The monoisotopic (exact) mass is 410 g/mol. The zero-order chi connectivity index (χ0) is 20.1. The quantitative estimate of drug-likeness (QED) is 0.572. The van der Waals surface area contributed by atoms with Crippen LogP contribution >= 0.6 is 0 Å². The highest BCUT2D eigenvalue weighted by Crippen LogP contribution is 2.32. The Labute approximate surface area is 166 Å². The highest BCUT2D eigenvalue weighted by atomic mass is 32.2. The molecule has 0 unspecified atom stereocenters. The second kappa shape index (κ2) is 9.35. The van der Waals surface area contributed by atoms with Gasteiger partial charge in [0.1, 0.15) is 6.10 Å². The van der Waals surface area contributed by atoms with Crippen molar-refractivity contribution in [2.24, 2.45) is 5.92 Å². The van der Waals surface area contributed by atoms with E-state index in [-0.39, 0.29) is 36.1 Å². The lowest BCUT2D eigenvalue weighted by molar-refractivity contribution is -0.128. The maximum Gasteiger partial charge on any atom is 0.240 e. The Morgan fingerprint density at radius 2 is 1.89 bits per heavy atom. The smallest absolute Gasteiger partial charge is 0.240 e. The molecule has 3 N–H and O–H groups in total. The average Bonchev–Trinajstić information content (AvgIpc) is 3.47. The SMILES string of the molecule is Cc1ccc(S(=O)(=O)NCC[C@H]2CC[C@H](NC(=O)CC3CC3)[C@@H](CO)O2)cc1. The highest BCUT2D eigenvalue weighted by Gasteiger charge is 2.33. The van der Waals surface area contributed by atoms with E-state index >= 15 is 0 Å². The van der Waals surface area contributed by atoms with Crippen molar-refractivity contribution < 1.29 is 23.1 Å². The Morgan fingerprint density at radius 1 is 1.18 bits per heavy atom. The van der Waals surface area contributed by atoms with Crippen molar-refractivity contribution in [1.82, 2.24) is 10.0 Å². The van der Waals surface area contributed by atoms with Crippen molar-refractivity contribution in [2.75, 3.05) is 13.2 Å². The first kappa shape index (κ1) is 21.2. The predicted molar refractivity (Wildman–Crippen MR) is 105 cm³/mol. The summed E-state index contributed by atoms with van der Waals surface area (Å²) in [7, 11) is -3.54. The Kier molecular flexibility index (Phi) is 7.09. The van der Waals surface area contributed by atoms with Gasteiger partial charge in [0.05, 0.1) is 23.6 Å². The van der Waals surface area contributed by atoms with Gasteiger partial charge in [0.15, 0.2) is 0 Å². The molecule has 0 aromatic heterocycles. The summed E-state index contributed by atoms with van der Waals surface area (Å²) in [6.07, 6.45) is 4.17. The number of sulfonamides is 1. The number of hydrogen-bond acceptors (Lipinski definition) is 5. The van der Waals surface area contributed by atoms with E-state index in [0.717, 1.165) is 31.2 Å². The molecule has 1 amide bonds. The van der Waals surface area contributed by atoms with Crippen LogP contribution in [-0.4, -0.2) is 50.8 Å². The Morgan fingerprint density at radius 3 is 2.54 bits per heavy atom. The van der Waals surface area contributed by atoms with E-state index in [1.165, 1.54) is 0 Å². The first-order valence-corrected chi connectivity index (χ1v) is 11.5. The Hall–Kier alpha value is -1.48. The molecular formula is C20H30N2O5S. The van der Waals surface area contributed by atoms with E-state index in [0.29, 0.717) is 18.8 Å². The molecular weight excluding hydrogens is 380 g/mol. The minimum atomic E-state index is -3.54. The zero-order valence-electron chi connectivity index (χ0n) is 16.3. The van der Waals surface area contributed by atoms with Gasteiger partial charge < -0.3 is 15.2 Å². The van der Waals surface area contributed by atoms with Gasteiger partial charge in [0.25, 0.3) is 0 Å². The van der Waals surface area contributed by atoms with Gasteiger partial charge in [-0.25, -0.2) is 13.1 Å². The van der Waals surface area contributed by atoms with E-state index in [1.54, 1.807) is 24.3 Å². The molecule has 1 saturated carbocycles. The number of aliphatic hydroxyl groups is 1. The fraction of sp³-hybridized carbons (Fsp3) is 0.650. The van der Waals surface area contributed by atoms with E-state index in [9.17, 15) is 18.3 Å². The summed E-state index contributed by atoms with van der Waals surface area (Å²) in [6.45, 7) is 2.00. The maximum absolute atomic E-state index is 12.3. The standard InChI is InChI=1S/C20H30N2O5S/c1-14-2-7-17(8-3-14)28(25,26)21-11-10-16-6-9-18(19(13-23)27-16)22-20(24)12-15-4-5-15/h2-3,7-8,15-16,18-19,21,23H,4-6,9-13H2,1H3,(H,22,24)/t16-,18+,19-/m1/s1. The molecule has 1 heterocycles. The van der Waals surface area contributed by atoms with E-state index in [2.05, 4.69) is 10.0 Å². The molecule has 156 valence electrons. The van der Waals surface area contributed by atoms with Crippen molar-refractivity contribution in [3.63, 3.8) is 0 Å². The summed E-state index contributed by atoms with van der Waals surface area (Å²) < 4.78 is 33.2. The number of aryl methyl sites for hydroxylation is 1. The lowest BCUT2D eigenvalue weighted by Gasteiger charge is -2.36. The van der Waals surface area contributed by atoms with Crippen molar-refractivity contribution >= 4 is 15.9 Å². The third kappa shape index (κ3) is 6.01. The molecule has 8 heteroatoms. The second-order valence-corrected chi connectivity index (χ2v) is 9.64. The summed E-state index contributed by atoms with van der Waals surface area (Å²) >= 11 is 0. The van der Waals surface area contributed by atoms with Crippen LogP contribution in [0.3, 0.4) is 0 Å². The molecule has 1 saturated heterocycles. The highest BCUT2D eigenvalue weighted by molar-refractivity contribution is 7.89. The number of benzene rings is 1. The number of hydrogen-bond donors (Lipinski definition) is 3. The summed E-state index contributed by atoms with van der Waals surface area (Å²) in [5.41, 5.74) is 1.00. The molecule has 2 aliphatic rings. The van der Waals surface area contributed by atoms with Gasteiger partial charge in [0, 0.05) is 13.0 Å². The predicted octanol–water partition coefficient (Wildman–Crippen LogP) is 1.49. The number of carbonyl (C=O) groups excluding carboxylic acids is 1. The minimum absolute atomic E-state index is 0.0267. The Bertz CT molecular complexity index is 761. The van der Waals surface area contributed by atoms with Gasteiger partial charge >= 0.3 is 0 Å². The van der Waals surface area contributed by atoms with E-state index in [1.807, 2.05) is 6.92 Å². The lowest BCUT2D eigenvalue weighted by atomic mass is 9.97. The van der Waals surface area contributed by atoms with Crippen molar-refractivity contribution in [1.29, 1.82) is 0 Å². The van der Waals surface area contributed by atoms with Crippen molar-refractivity contribution in [3.8, 4) is 0 Å². The van der Waals surface area contributed by atoms with Crippen LogP contribution in [0, 0.1) is 12.8 Å². The number of amides is 1. The molecule has 1 aliphatic heterocycles. The number of rotatable bonds is 9. The molecule has 0 bridgehead atoms. The number of nitrogens with one attached hydrogen (secondary N) is 2. The van der Waals surface area contributed by atoms with Crippen LogP contribution < -0.4 is 10.0 Å². The van der Waals surface area contributed by atoms with Crippen LogP contribution in [0.4, 0.5) is 0 Å². The summed E-state index contributed by atoms with van der Waals surface area (Å²) in [5, 5.41) is 12.6. The van der Waals surface area contributed by atoms with Gasteiger partial charge in [0.2, 0.25) is 15.9 Å². The van der Waals surface area contributed by atoms with Gasteiger partial charge in [-0.2, -0.15) is 0 Å². The molecule has 28 heavy (non-hydrogen) atoms. The molecule has 3 rings (SSSR count). The molecule has 1 aliphatic carbocycles. The molecule has 2 fully saturated rings. The van der Waals surface area contributed by atoms with Gasteiger partial charge in [-0.05, 0) is 57.1 Å². The van der Waals surface area contributed by atoms with Crippen LogP contribution in [0.15, 0.2) is 29.2 Å². The summed E-state index contributed by atoms with van der Waals surface area (Å²) in [6, 6.07) is 6.53. The van der Waals surface area contributed by atoms with Crippen LogP contribution in [0.1, 0.15) is 44.1 Å². The fourth-order valence-electron chi connectivity index (χ4n) is 3.51. The van der Waals surface area contributed by atoms with Gasteiger partial charge in [-0.1, -0.05) is 17.7 Å². The van der Waals surface area contributed by atoms with Crippen LogP contribution in [0.5, 0.6) is 0 Å². The zero-order valence-corrected chi connectivity index (χ0v) is 17.1. The van der Waals surface area contributed by atoms with Gasteiger partial charge in [-0.15, -0.1) is 0 Å². The van der Waals surface area contributed by atoms with Crippen LogP contribution in [0.2, 0.25) is 0 Å². The number of aliphatic hydroxyl groups excluding tert-OH is 1.